The molecule has 5 nitrogen and oxygen atoms in total. The Morgan fingerprint density at radius 3 is 2.48 bits per heavy atom. The Hall–Kier alpha value is -2.14. The molecule has 0 bridgehead atoms. The molecule has 2 aromatic rings. The van der Waals surface area contributed by atoms with Gasteiger partial charge in [-0.05, 0) is 29.8 Å². The van der Waals surface area contributed by atoms with Crippen molar-refractivity contribution < 1.29 is 14.3 Å². The van der Waals surface area contributed by atoms with Crippen LogP contribution in [-0.4, -0.2) is 42.1 Å². The minimum absolute atomic E-state index is 0.120. The summed E-state index contributed by atoms with van der Waals surface area (Å²) >= 11 is 5.84. The molecule has 1 N–H and O–H groups in total. The largest absolute Gasteiger partial charge is 0.506 e. The minimum atomic E-state index is -0.120. The quantitative estimate of drug-likeness (QED) is 0.926. The molecule has 3 rings (SSSR count). The van der Waals surface area contributed by atoms with E-state index in [-0.39, 0.29) is 16.9 Å². The van der Waals surface area contributed by atoms with E-state index in [1.54, 1.807) is 23.1 Å². The summed E-state index contributed by atoms with van der Waals surface area (Å²) in [5.41, 5.74) is 1.19. The zero-order valence-corrected chi connectivity index (χ0v) is 12.1. The van der Waals surface area contributed by atoms with Gasteiger partial charge in [-0.1, -0.05) is 12.1 Å². The predicted molar refractivity (Wildman–Crippen MR) is 79.9 cm³/mol. The Labute approximate surface area is 127 Å². The molecule has 1 aromatic heterocycles. The number of amides is 1. The van der Waals surface area contributed by atoms with E-state index >= 15 is 0 Å². The number of benzene rings is 1. The molecule has 0 atom stereocenters. The lowest BCUT2D eigenvalue weighted by atomic mass is 10.2. The van der Waals surface area contributed by atoms with Crippen molar-refractivity contribution in [2.45, 2.75) is 0 Å². The fraction of sp³-hybridized carbons (Fsp3) is 0.267. The van der Waals surface area contributed by atoms with Gasteiger partial charge in [0.2, 0.25) is 5.22 Å². The number of para-hydroxylation sites is 2. The van der Waals surface area contributed by atoms with Gasteiger partial charge in [0.05, 0.1) is 17.5 Å². The third-order valence-electron chi connectivity index (χ3n) is 3.64. The van der Waals surface area contributed by atoms with Crippen molar-refractivity contribution >= 4 is 23.2 Å². The number of aromatic hydroxyl groups is 1. The van der Waals surface area contributed by atoms with E-state index in [9.17, 15) is 9.90 Å². The van der Waals surface area contributed by atoms with E-state index in [4.69, 9.17) is 16.0 Å². The second kappa shape index (κ2) is 5.69. The van der Waals surface area contributed by atoms with Gasteiger partial charge >= 0.3 is 0 Å². The summed E-state index contributed by atoms with van der Waals surface area (Å²) in [7, 11) is 0. The van der Waals surface area contributed by atoms with Crippen LogP contribution < -0.4 is 4.90 Å². The first-order chi connectivity index (χ1) is 10.2. The van der Waals surface area contributed by atoms with Crippen LogP contribution >= 0.6 is 11.6 Å². The van der Waals surface area contributed by atoms with Crippen LogP contribution in [0.15, 0.2) is 41.0 Å². The second-order valence-corrected chi connectivity index (χ2v) is 5.22. The maximum Gasteiger partial charge on any atom is 0.258 e. The Morgan fingerprint density at radius 2 is 1.86 bits per heavy atom. The summed E-state index contributed by atoms with van der Waals surface area (Å²) in [5.74, 6) is 0.140. The number of hydrogen-bond donors (Lipinski definition) is 1. The van der Waals surface area contributed by atoms with Crippen LogP contribution in [0.25, 0.3) is 0 Å². The highest BCUT2D eigenvalue weighted by atomic mass is 35.5. The van der Waals surface area contributed by atoms with Gasteiger partial charge in [0.25, 0.3) is 5.91 Å². The molecule has 1 saturated heterocycles. The van der Waals surface area contributed by atoms with Crippen LogP contribution in [0.5, 0.6) is 5.75 Å². The standard InChI is InChI=1S/C15H15ClN2O3/c16-14-11(5-10-21-14)15(20)18-8-6-17(7-9-18)12-3-1-2-4-13(12)19/h1-5,10,19H,6-9H2. The lowest BCUT2D eigenvalue weighted by molar-refractivity contribution is 0.0746. The molecule has 1 aromatic carbocycles. The first-order valence-electron chi connectivity index (χ1n) is 6.72. The number of rotatable bonds is 2. The molecular formula is C15H15ClN2O3. The van der Waals surface area contributed by atoms with Gasteiger partial charge in [0, 0.05) is 26.2 Å². The Bertz CT molecular complexity index is 648. The lowest BCUT2D eigenvalue weighted by Gasteiger charge is -2.36. The van der Waals surface area contributed by atoms with Crippen molar-refractivity contribution in [1.29, 1.82) is 0 Å². The zero-order chi connectivity index (χ0) is 14.8. The number of furan rings is 1. The van der Waals surface area contributed by atoms with Gasteiger partial charge in [0.1, 0.15) is 5.75 Å². The second-order valence-electron chi connectivity index (χ2n) is 4.88. The van der Waals surface area contributed by atoms with E-state index in [0.717, 1.165) is 5.69 Å². The summed E-state index contributed by atoms with van der Waals surface area (Å²) in [6.45, 7) is 2.49. The van der Waals surface area contributed by atoms with Gasteiger partial charge in [-0.2, -0.15) is 0 Å². The molecule has 1 aliphatic rings. The first kappa shape index (κ1) is 13.8. The fourth-order valence-corrected chi connectivity index (χ4v) is 2.69. The molecule has 0 aliphatic carbocycles. The molecule has 1 amide bonds. The van der Waals surface area contributed by atoms with E-state index in [0.29, 0.717) is 31.7 Å². The van der Waals surface area contributed by atoms with Gasteiger partial charge in [0.15, 0.2) is 0 Å². The summed E-state index contributed by atoms with van der Waals surface area (Å²) in [4.78, 5) is 16.1. The number of carbonyl (C=O) groups is 1. The lowest BCUT2D eigenvalue weighted by Crippen LogP contribution is -2.48. The first-order valence-corrected chi connectivity index (χ1v) is 7.10. The van der Waals surface area contributed by atoms with Gasteiger partial charge in [-0.3, -0.25) is 4.79 Å². The van der Waals surface area contributed by atoms with Gasteiger partial charge in [-0.15, -0.1) is 0 Å². The number of phenols is 1. The fourth-order valence-electron chi connectivity index (χ4n) is 2.50. The van der Waals surface area contributed by atoms with Crippen LogP contribution in [0, 0.1) is 0 Å². The Kier molecular flexibility index (Phi) is 3.75. The van der Waals surface area contributed by atoms with Crippen molar-refractivity contribution in [2.24, 2.45) is 0 Å². The summed E-state index contributed by atoms with van der Waals surface area (Å²) in [5, 5.41) is 10.0. The van der Waals surface area contributed by atoms with E-state index in [1.165, 1.54) is 6.26 Å². The van der Waals surface area contributed by atoms with Crippen molar-refractivity contribution in [3.05, 3.63) is 47.4 Å². The van der Waals surface area contributed by atoms with Crippen LogP contribution in [0.1, 0.15) is 10.4 Å². The predicted octanol–water partition coefficient (Wildman–Crippen LogP) is 2.60. The highest BCUT2D eigenvalue weighted by Gasteiger charge is 2.25. The zero-order valence-electron chi connectivity index (χ0n) is 11.3. The number of halogens is 1. The number of anilines is 1. The van der Waals surface area contributed by atoms with Crippen LogP contribution in [-0.2, 0) is 0 Å². The van der Waals surface area contributed by atoms with Crippen molar-refractivity contribution in [2.75, 3.05) is 31.1 Å². The third-order valence-corrected chi connectivity index (χ3v) is 3.93. The molecule has 1 aliphatic heterocycles. The SMILES string of the molecule is O=C(c1ccoc1Cl)N1CCN(c2ccccc2O)CC1. The molecule has 6 heteroatoms. The average molecular weight is 307 g/mol. The van der Waals surface area contributed by atoms with Crippen molar-refractivity contribution in [3.63, 3.8) is 0 Å². The molecule has 0 spiro atoms. The van der Waals surface area contributed by atoms with Gasteiger partial charge < -0.3 is 19.3 Å². The molecule has 110 valence electrons. The van der Waals surface area contributed by atoms with Crippen LogP contribution in [0.2, 0.25) is 5.22 Å². The third kappa shape index (κ3) is 2.69. The van der Waals surface area contributed by atoms with E-state index in [2.05, 4.69) is 4.90 Å². The monoisotopic (exact) mass is 306 g/mol. The van der Waals surface area contributed by atoms with Crippen molar-refractivity contribution in [1.82, 2.24) is 4.90 Å². The Morgan fingerprint density at radius 1 is 1.14 bits per heavy atom. The number of hydrogen-bond acceptors (Lipinski definition) is 4. The molecule has 2 heterocycles. The number of phenolic OH excluding ortho intramolecular Hbond substituents is 1. The van der Waals surface area contributed by atoms with Crippen LogP contribution in [0.3, 0.4) is 0 Å². The summed E-state index contributed by atoms with van der Waals surface area (Å²) in [6, 6.07) is 8.80. The maximum absolute atomic E-state index is 12.3. The number of nitrogens with zero attached hydrogens (tertiary/aromatic N) is 2. The topological polar surface area (TPSA) is 56.9 Å². The van der Waals surface area contributed by atoms with E-state index in [1.807, 2.05) is 12.1 Å². The smallest absolute Gasteiger partial charge is 0.258 e. The average Bonchev–Trinajstić information content (AvgIpc) is 2.93. The number of carbonyl (C=O) groups excluding carboxylic acids is 1. The molecule has 0 unspecified atom stereocenters. The highest BCUT2D eigenvalue weighted by molar-refractivity contribution is 6.32. The highest BCUT2D eigenvalue weighted by Crippen LogP contribution is 2.27. The van der Waals surface area contributed by atoms with Crippen LogP contribution in [0.4, 0.5) is 5.69 Å². The van der Waals surface area contributed by atoms with Crippen molar-refractivity contribution in [3.8, 4) is 5.75 Å². The maximum atomic E-state index is 12.3. The molecule has 0 radical (unpaired) electrons. The molecular weight excluding hydrogens is 292 g/mol. The molecule has 1 fully saturated rings. The molecule has 0 saturated carbocycles. The summed E-state index contributed by atoms with van der Waals surface area (Å²) < 4.78 is 4.96. The Balaban J connectivity index is 1.67. The normalized spacial score (nSPS) is 15.3. The minimum Gasteiger partial charge on any atom is -0.506 e. The molecule has 21 heavy (non-hydrogen) atoms. The van der Waals surface area contributed by atoms with E-state index < -0.39 is 0 Å². The number of piperazine rings is 1. The summed E-state index contributed by atoms with van der Waals surface area (Å²) in [6.07, 6.45) is 1.41. The van der Waals surface area contributed by atoms with Gasteiger partial charge in [-0.25, -0.2) is 0 Å².